The number of nitrogens with one attached hydrogen (secondary N) is 1. The van der Waals surface area contributed by atoms with Crippen LogP contribution in [0.15, 0.2) is 42.5 Å². The second kappa shape index (κ2) is 6.58. The molecule has 0 fully saturated rings. The van der Waals surface area contributed by atoms with Crippen molar-refractivity contribution in [3.05, 3.63) is 64.7 Å². The van der Waals surface area contributed by atoms with Crippen molar-refractivity contribution in [1.29, 1.82) is 5.26 Å². The lowest BCUT2D eigenvalue weighted by Gasteiger charge is -2.11. The van der Waals surface area contributed by atoms with Gasteiger partial charge in [-0.25, -0.2) is 0 Å². The highest BCUT2D eigenvalue weighted by molar-refractivity contribution is 5.70. The van der Waals surface area contributed by atoms with Gasteiger partial charge in [0.05, 0.1) is 18.1 Å². The number of anilines is 1. The molecule has 2 rings (SSSR count). The number of carbonyl (C=O) groups is 1. The van der Waals surface area contributed by atoms with Gasteiger partial charge >= 0.3 is 5.97 Å². The zero-order valence-corrected chi connectivity index (χ0v) is 11.8. The minimum Gasteiger partial charge on any atom is -0.481 e. The summed E-state index contributed by atoms with van der Waals surface area (Å²) in [5.41, 5.74) is 4.26. The van der Waals surface area contributed by atoms with E-state index < -0.39 is 5.97 Å². The van der Waals surface area contributed by atoms with Crippen LogP contribution in [0.25, 0.3) is 0 Å². The highest BCUT2D eigenvalue weighted by Gasteiger charge is 2.06. The van der Waals surface area contributed by atoms with Crippen LogP contribution in [0.4, 0.5) is 5.69 Å². The molecule has 0 aliphatic carbocycles. The Hall–Kier alpha value is -2.80. The Morgan fingerprint density at radius 3 is 2.57 bits per heavy atom. The Morgan fingerprint density at radius 2 is 1.95 bits per heavy atom. The summed E-state index contributed by atoms with van der Waals surface area (Å²) in [6, 6.07) is 15.2. The molecule has 0 amide bonds. The lowest BCUT2D eigenvalue weighted by molar-refractivity contribution is -0.136. The van der Waals surface area contributed by atoms with E-state index in [0.717, 1.165) is 22.4 Å². The van der Waals surface area contributed by atoms with Crippen molar-refractivity contribution in [2.24, 2.45) is 0 Å². The van der Waals surface area contributed by atoms with Gasteiger partial charge < -0.3 is 10.4 Å². The number of carboxylic acid groups (broad SMARTS) is 1. The number of benzene rings is 2. The van der Waals surface area contributed by atoms with Crippen molar-refractivity contribution >= 4 is 11.7 Å². The third kappa shape index (κ3) is 3.83. The van der Waals surface area contributed by atoms with Gasteiger partial charge in [0.2, 0.25) is 0 Å². The summed E-state index contributed by atoms with van der Waals surface area (Å²) >= 11 is 0. The summed E-state index contributed by atoms with van der Waals surface area (Å²) in [4.78, 5) is 10.9. The van der Waals surface area contributed by atoms with Gasteiger partial charge in [0, 0.05) is 12.2 Å². The number of nitriles is 1. The number of rotatable bonds is 5. The van der Waals surface area contributed by atoms with E-state index in [4.69, 9.17) is 10.4 Å². The van der Waals surface area contributed by atoms with Crippen LogP contribution < -0.4 is 5.32 Å². The average molecular weight is 280 g/mol. The maximum absolute atomic E-state index is 10.9. The van der Waals surface area contributed by atoms with Crippen molar-refractivity contribution in [1.82, 2.24) is 0 Å². The predicted molar refractivity (Wildman–Crippen MR) is 81.0 cm³/mol. The Bertz CT molecular complexity index is 702. The topological polar surface area (TPSA) is 73.1 Å². The molecular formula is C17H16N2O2. The van der Waals surface area contributed by atoms with Crippen molar-refractivity contribution in [2.75, 3.05) is 5.32 Å². The van der Waals surface area contributed by atoms with E-state index in [1.807, 2.05) is 43.3 Å². The van der Waals surface area contributed by atoms with Crippen molar-refractivity contribution in [3.8, 4) is 6.07 Å². The second-order valence-corrected chi connectivity index (χ2v) is 4.83. The first kappa shape index (κ1) is 14.6. The maximum atomic E-state index is 10.9. The SMILES string of the molecule is Cc1cc(NCc2ccccc2CC(=O)O)ccc1C#N. The fraction of sp³-hybridized carbons (Fsp3) is 0.176. The Morgan fingerprint density at radius 1 is 1.24 bits per heavy atom. The molecule has 0 unspecified atom stereocenters. The summed E-state index contributed by atoms with van der Waals surface area (Å²) in [7, 11) is 0. The number of hydrogen-bond donors (Lipinski definition) is 2. The van der Waals surface area contributed by atoms with E-state index in [1.165, 1.54) is 0 Å². The fourth-order valence-electron chi connectivity index (χ4n) is 2.16. The molecule has 0 heterocycles. The summed E-state index contributed by atoms with van der Waals surface area (Å²) in [6.45, 7) is 2.44. The number of carboxylic acids is 1. The third-order valence-electron chi connectivity index (χ3n) is 3.29. The number of hydrogen-bond acceptors (Lipinski definition) is 3. The largest absolute Gasteiger partial charge is 0.481 e. The van der Waals surface area contributed by atoms with Crippen molar-refractivity contribution in [3.63, 3.8) is 0 Å². The van der Waals surface area contributed by atoms with Gasteiger partial charge in [0.25, 0.3) is 0 Å². The van der Waals surface area contributed by atoms with Crippen LogP contribution in [0, 0.1) is 18.3 Å². The van der Waals surface area contributed by atoms with Gasteiger partial charge in [-0.2, -0.15) is 5.26 Å². The molecule has 106 valence electrons. The molecule has 0 saturated carbocycles. The standard InChI is InChI=1S/C17H16N2O2/c1-12-8-16(7-6-14(12)10-18)19-11-15-5-3-2-4-13(15)9-17(20)21/h2-8,19H,9,11H2,1H3,(H,20,21). The summed E-state index contributed by atoms with van der Waals surface area (Å²) < 4.78 is 0. The van der Waals surface area contributed by atoms with Crippen LogP contribution in [0.1, 0.15) is 22.3 Å². The van der Waals surface area contributed by atoms with Gasteiger partial charge in [-0.1, -0.05) is 24.3 Å². The average Bonchev–Trinajstić information content (AvgIpc) is 2.46. The zero-order chi connectivity index (χ0) is 15.2. The molecule has 21 heavy (non-hydrogen) atoms. The molecule has 0 aromatic heterocycles. The van der Waals surface area contributed by atoms with Gasteiger partial charge in [-0.15, -0.1) is 0 Å². The number of aryl methyl sites for hydroxylation is 1. The van der Waals surface area contributed by atoms with Gasteiger partial charge in [0.15, 0.2) is 0 Å². The van der Waals surface area contributed by atoms with Crippen LogP contribution >= 0.6 is 0 Å². The molecular weight excluding hydrogens is 264 g/mol. The second-order valence-electron chi connectivity index (χ2n) is 4.83. The van der Waals surface area contributed by atoms with Crippen LogP contribution in [-0.2, 0) is 17.8 Å². The van der Waals surface area contributed by atoms with E-state index in [9.17, 15) is 4.79 Å². The predicted octanol–water partition coefficient (Wildman–Crippen LogP) is 3.11. The van der Waals surface area contributed by atoms with Gasteiger partial charge in [-0.05, 0) is 41.8 Å². The molecule has 0 saturated heterocycles. The zero-order valence-electron chi connectivity index (χ0n) is 11.8. The third-order valence-corrected chi connectivity index (χ3v) is 3.29. The van der Waals surface area contributed by atoms with E-state index in [2.05, 4.69) is 11.4 Å². The molecule has 0 radical (unpaired) electrons. The Kier molecular flexibility index (Phi) is 4.57. The molecule has 2 aromatic rings. The molecule has 2 N–H and O–H groups in total. The first-order valence-electron chi connectivity index (χ1n) is 6.63. The normalized spacial score (nSPS) is 9.90. The molecule has 4 heteroatoms. The van der Waals surface area contributed by atoms with Gasteiger partial charge in [0.1, 0.15) is 0 Å². The van der Waals surface area contributed by atoms with E-state index in [-0.39, 0.29) is 6.42 Å². The quantitative estimate of drug-likeness (QED) is 0.882. The van der Waals surface area contributed by atoms with E-state index >= 15 is 0 Å². The van der Waals surface area contributed by atoms with Gasteiger partial charge in [-0.3, -0.25) is 4.79 Å². The summed E-state index contributed by atoms with van der Waals surface area (Å²) in [6.07, 6.45) is 0.0181. The van der Waals surface area contributed by atoms with E-state index in [0.29, 0.717) is 12.1 Å². The lowest BCUT2D eigenvalue weighted by Crippen LogP contribution is -2.07. The number of nitrogens with zero attached hydrogens (tertiary/aromatic N) is 1. The summed E-state index contributed by atoms with van der Waals surface area (Å²) in [5, 5.41) is 21.1. The maximum Gasteiger partial charge on any atom is 0.307 e. The smallest absolute Gasteiger partial charge is 0.307 e. The Labute approximate surface area is 123 Å². The first-order valence-corrected chi connectivity index (χ1v) is 6.63. The Balaban J connectivity index is 2.11. The van der Waals surface area contributed by atoms with Crippen molar-refractivity contribution < 1.29 is 9.90 Å². The molecule has 0 bridgehead atoms. The fourth-order valence-corrected chi connectivity index (χ4v) is 2.16. The van der Waals surface area contributed by atoms with Crippen LogP contribution in [0.3, 0.4) is 0 Å². The minimum absolute atomic E-state index is 0.0181. The molecule has 2 aromatic carbocycles. The number of aliphatic carboxylic acids is 1. The van der Waals surface area contributed by atoms with Crippen molar-refractivity contribution in [2.45, 2.75) is 19.9 Å². The molecule has 4 nitrogen and oxygen atoms in total. The molecule has 0 aliphatic heterocycles. The van der Waals surface area contributed by atoms with Crippen LogP contribution in [-0.4, -0.2) is 11.1 Å². The monoisotopic (exact) mass is 280 g/mol. The molecule has 0 atom stereocenters. The lowest BCUT2D eigenvalue weighted by atomic mass is 10.0. The highest BCUT2D eigenvalue weighted by atomic mass is 16.4. The van der Waals surface area contributed by atoms with E-state index in [1.54, 1.807) is 6.07 Å². The molecule has 0 spiro atoms. The molecule has 0 aliphatic rings. The summed E-state index contributed by atoms with van der Waals surface area (Å²) in [5.74, 6) is -0.836. The first-order chi connectivity index (χ1) is 10.1. The minimum atomic E-state index is -0.836. The highest BCUT2D eigenvalue weighted by Crippen LogP contribution is 2.17. The van der Waals surface area contributed by atoms with Crippen LogP contribution in [0.5, 0.6) is 0 Å². The van der Waals surface area contributed by atoms with Crippen LogP contribution in [0.2, 0.25) is 0 Å².